The van der Waals surface area contributed by atoms with E-state index in [2.05, 4.69) is 20.6 Å². The molecule has 1 saturated carbocycles. The van der Waals surface area contributed by atoms with Crippen LogP contribution in [0.3, 0.4) is 0 Å². The zero-order valence-corrected chi connectivity index (χ0v) is 17.6. The van der Waals surface area contributed by atoms with Crippen molar-refractivity contribution in [2.75, 3.05) is 16.8 Å². The lowest BCUT2D eigenvalue weighted by atomic mass is 10.1. The van der Waals surface area contributed by atoms with Crippen LogP contribution in [-0.4, -0.2) is 62.3 Å². The number of halogens is 4. The second kappa shape index (κ2) is 7.99. The summed E-state index contributed by atoms with van der Waals surface area (Å²) in [4.78, 5) is 11.4. The van der Waals surface area contributed by atoms with Crippen LogP contribution in [-0.2, 0) is 6.54 Å². The molecule has 1 saturated heterocycles. The van der Waals surface area contributed by atoms with Gasteiger partial charge in [0, 0.05) is 19.1 Å². The van der Waals surface area contributed by atoms with E-state index in [4.69, 9.17) is 11.6 Å². The quantitative estimate of drug-likeness (QED) is 0.505. The van der Waals surface area contributed by atoms with Crippen LogP contribution in [0.4, 0.5) is 24.7 Å². The summed E-state index contributed by atoms with van der Waals surface area (Å²) in [5, 5.41) is 26.0. The highest BCUT2D eigenvalue weighted by Gasteiger charge is 2.50. The van der Waals surface area contributed by atoms with E-state index in [-0.39, 0.29) is 24.4 Å². The Bertz CT molecular complexity index is 990. The predicted molar refractivity (Wildman–Crippen MR) is 111 cm³/mol. The van der Waals surface area contributed by atoms with E-state index < -0.39 is 30.8 Å². The Hall–Kier alpha value is -2.18. The SMILES string of the molecule is OC1Nc2cnc(Cl)nc2N(Cc2ccc(C3NC(C(F)(F)F)CN3C3CC3)cc2)C1O. The van der Waals surface area contributed by atoms with Gasteiger partial charge in [0.15, 0.2) is 18.3 Å². The maximum Gasteiger partial charge on any atom is 0.405 e. The van der Waals surface area contributed by atoms with E-state index in [1.165, 1.54) is 11.1 Å². The number of hydrogen-bond acceptors (Lipinski definition) is 8. The number of nitrogens with one attached hydrogen (secondary N) is 2. The molecule has 1 aliphatic carbocycles. The van der Waals surface area contributed by atoms with Crippen molar-refractivity contribution in [1.29, 1.82) is 0 Å². The third-order valence-electron chi connectivity index (χ3n) is 6.06. The summed E-state index contributed by atoms with van der Waals surface area (Å²) in [6.45, 7) is 0.152. The van der Waals surface area contributed by atoms with Crippen molar-refractivity contribution < 1.29 is 23.4 Å². The monoisotopic (exact) mass is 470 g/mol. The normalized spacial score (nSPS) is 28.5. The molecule has 3 aliphatic rings. The summed E-state index contributed by atoms with van der Waals surface area (Å²) in [7, 11) is 0. The average molecular weight is 471 g/mol. The van der Waals surface area contributed by atoms with Gasteiger partial charge < -0.3 is 20.4 Å². The van der Waals surface area contributed by atoms with Gasteiger partial charge in [0.05, 0.1) is 18.1 Å². The molecule has 1 aromatic heterocycles. The van der Waals surface area contributed by atoms with Crippen LogP contribution in [0, 0.1) is 0 Å². The van der Waals surface area contributed by atoms with Crippen molar-refractivity contribution >= 4 is 23.1 Å². The van der Waals surface area contributed by atoms with Crippen molar-refractivity contribution in [2.45, 2.75) is 56.3 Å². The summed E-state index contributed by atoms with van der Waals surface area (Å²) in [5.74, 6) is 0.345. The van der Waals surface area contributed by atoms with Crippen LogP contribution in [0.15, 0.2) is 30.5 Å². The van der Waals surface area contributed by atoms with E-state index in [1.54, 1.807) is 24.3 Å². The minimum atomic E-state index is -4.29. The molecule has 2 aliphatic heterocycles. The number of anilines is 2. The molecule has 3 heterocycles. The standard InChI is InChI=1S/C20H22ClF3N6O2/c21-19-25-7-13-16(28-19)30(18(32)17(31)26-13)8-10-1-3-11(4-2-10)15-27-14(20(22,23)24)9-29(15)12-5-6-12/h1-4,7,12,14-15,17-18,26-27,31-32H,5-6,8-9H2. The second-order valence-corrected chi connectivity index (χ2v) is 8.68. The number of rotatable bonds is 4. The Morgan fingerprint density at radius 1 is 1.16 bits per heavy atom. The van der Waals surface area contributed by atoms with Crippen LogP contribution in [0.2, 0.25) is 5.28 Å². The summed E-state index contributed by atoms with van der Waals surface area (Å²) < 4.78 is 39.9. The molecule has 4 atom stereocenters. The first-order valence-corrected chi connectivity index (χ1v) is 10.7. The van der Waals surface area contributed by atoms with Crippen LogP contribution in [0.1, 0.15) is 30.1 Å². The summed E-state index contributed by atoms with van der Waals surface area (Å²) in [6, 6.07) is 5.81. The molecular weight excluding hydrogens is 449 g/mol. The fraction of sp³-hybridized carbons (Fsp3) is 0.500. The molecule has 0 spiro atoms. The first-order valence-electron chi connectivity index (χ1n) is 10.3. The van der Waals surface area contributed by atoms with E-state index in [0.29, 0.717) is 11.5 Å². The fourth-order valence-electron chi connectivity index (χ4n) is 4.28. The van der Waals surface area contributed by atoms with Crippen LogP contribution >= 0.6 is 11.6 Å². The lowest BCUT2D eigenvalue weighted by Crippen LogP contribution is -2.51. The van der Waals surface area contributed by atoms with Crippen LogP contribution in [0.5, 0.6) is 0 Å². The Labute approximate surface area is 187 Å². The number of aromatic nitrogens is 2. The van der Waals surface area contributed by atoms with Gasteiger partial charge >= 0.3 is 6.18 Å². The van der Waals surface area contributed by atoms with Gasteiger partial charge in [-0.3, -0.25) is 10.2 Å². The molecule has 172 valence electrons. The molecule has 0 amide bonds. The van der Waals surface area contributed by atoms with E-state index in [1.807, 2.05) is 4.90 Å². The molecule has 5 rings (SSSR count). The maximum atomic E-state index is 13.3. The van der Waals surface area contributed by atoms with Gasteiger partial charge in [-0.2, -0.15) is 18.2 Å². The first-order chi connectivity index (χ1) is 15.2. The largest absolute Gasteiger partial charge is 0.405 e. The van der Waals surface area contributed by atoms with Gasteiger partial charge in [-0.15, -0.1) is 0 Å². The zero-order valence-electron chi connectivity index (χ0n) is 16.8. The van der Waals surface area contributed by atoms with Gasteiger partial charge in [0.25, 0.3) is 0 Å². The smallest absolute Gasteiger partial charge is 0.369 e. The zero-order chi connectivity index (χ0) is 22.6. The van der Waals surface area contributed by atoms with Crippen molar-refractivity contribution in [3.63, 3.8) is 0 Å². The predicted octanol–water partition coefficient (Wildman–Crippen LogP) is 2.20. The number of fused-ring (bicyclic) bond motifs is 1. The number of alkyl halides is 3. The molecular formula is C20H22ClF3N6O2. The maximum absolute atomic E-state index is 13.3. The van der Waals surface area contributed by atoms with Crippen LogP contribution in [0.25, 0.3) is 0 Å². The van der Waals surface area contributed by atoms with Crippen LogP contribution < -0.4 is 15.5 Å². The number of aliphatic hydroxyl groups is 2. The van der Waals surface area contributed by atoms with Gasteiger partial charge in [-0.05, 0) is 35.6 Å². The number of nitrogens with zero attached hydrogens (tertiary/aromatic N) is 4. The summed E-state index contributed by atoms with van der Waals surface area (Å²) in [6.07, 6.45) is -4.07. The number of benzene rings is 1. The highest BCUT2D eigenvalue weighted by molar-refractivity contribution is 6.28. The lowest BCUT2D eigenvalue weighted by Gasteiger charge is -2.38. The molecule has 0 radical (unpaired) electrons. The molecule has 4 N–H and O–H groups in total. The minimum Gasteiger partial charge on any atom is -0.369 e. The Morgan fingerprint density at radius 2 is 1.88 bits per heavy atom. The second-order valence-electron chi connectivity index (χ2n) is 8.34. The molecule has 2 aromatic rings. The van der Waals surface area contributed by atoms with E-state index in [9.17, 15) is 23.4 Å². The fourth-order valence-corrected chi connectivity index (χ4v) is 4.41. The summed E-state index contributed by atoms with van der Waals surface area (Å²) in [5.41, 5.74) is 1.96. The van der Waals surface area contributed by atoms with Crippen molar-refractivity contribution in [2.24, 2.45) is 0 Å². The molecule has 8 nitrogen and oxygen atoms in total. The molecule has 0 bridgehead atoms. The Kier molecular flexibility index (Phi) is 5.41. The molecule has 32 heavy (non-hydrogen) atoms. The van der Waals surface area contributed by atoms with Gasteiger partial charge in [-0.25, -0.2) is 4.98 Å². The van der Waals surface area contributed by atoms with Gasteiger partial charge in [0.2, 0.25) is 5.28 Å². The molecule has 1 aromatic carbocycles. The summed E-state index contributed by atoms with van der Waals surface area (Å²) >= 11 is 5.90. The topological polar surface area (TPSA) is 96.8 Å². The highest BCUT2D eigenvalue weighted by Crippen LogP contribution is 2.40. The Morgan fingerprint density at radius 3 is 2.53 bits per heavy atom. The first kappa shape index (κ1) is 21.7. The molecule has 12 heteroatoms. The number of hydrogen-bond donors (Lipinski definition) is 4. The molecule has 2 fully saturated rings. The number of aliphatic hydroxyl groups excluding tert-OH is 2. The molecule has 4 unspecified atom stereocenters. The van der Waals surface area contributed by atoms with Gasteiger partial charge in [0.1, 0.15) is 6.04 Å². The Balaban J connectivity index is 1.36. The third-order valence-corrected chi connectivity index (χ3v) is 6.24. The van der Waals surface area contributed by atoms with Crippen molar-refractivity contribution in [3.8, 4) is 0 Å². The van der Waals surface area contributed by atoms with Gasteiger partial charge in [-0.1, -0.05) is 24.3 Å². The van der Waals surface area contributed by atoms with E-state index in [0.717, 1.165) is 24.0 Å². The average Bonchev–Trinajstić information content (AvgIpc) is 3.49. The van der Waals surface area contributed by atoms with E-state index >= 15 is 0 Å². The lowest BCUT2D eigenvalue weighted by molar-refractivity contribution is -0.150. The third kappa shape index (κ3) is 4.11. The highest BCUT2D eigenvalue weighted by atomic mass is 35.5. The van der Waals surface area contributed by atoms with Crippen molar-refractivity contribution in [3.05, 3.63) is 46.9 Å². The minimum absolute atomic E-state index is 0.00109. The van der Waals surface area contributed by atoms with Crippen molar-refractivity contribution in [1.82, 2.24) is 20.2 Å².